The third kappa shape index (κ3) is 1.47. The first-order valence-electron chi connectivity index (χ1n) is 3.43. The normalized spacial score (nSPS) is 9.09. The van der Waals surface area contributed by atoms with E-state index < -0.39 is 0 Å². The summed E-state index contributed by atoms with van der Waals surface area (Å²) in [5.74, 6) is 0. The molecule has 0 bridgehead atoms. The maximum absolute atomic E-state index is 8.50. The molecule has 0 amide bonds. The van der Waals surface area contributed by atoms with Crippen LogP contribution < -0.4 is 5.73 Å². The highest BCUT2D eigenvalue weighted by atomic mass is 14.8. The molecule has 11 heavy (non-hydrogen) atoms. The predicted molar refractivity (Wildman–Crippen MR) is 42.7 cm³/mol. The van der Waals surface area contributed by atoms with Gasteiger partial charge in [0.05, 0.1) is 11.4 Å². The van der Waals surface area contributed by atoms with Crippen molar-refractivity contribution in [3.05, 3.63) is 23.5 Å². The Balaban J connectivity index is 3.15. The van der Waals surface area contributed by atoms with Crippen LogP contribution in [-0.4, -0.2) is 4.98 Å². The second-order valence-electron chi connectivity index (χ2n) is 2.20. The van der Waals surface area contributed by atoms with Crippen LogP contribution in [0.25, 0.3) is 0 Å². The highest BCUT2D eigenvalue weighted by Gasteiger charge is 1.98. The van der Waals surface area contributed by atoms with Crippen molar-refractivity contribution in [3.63, 3.8) is 0 Å². The SMILES string of the molecule is CCc1nc(C#N)ccc1N. The molecule has 0 aliphatic rings. The third-order valence-electron chi connectivity index (χ3n) is 1.46. The number of aryl methyl sites for hydroxylation is 1. The van der Waals surface area contributed by atoms with Crippen molar-refractivity contribution < 1.29 is 0 Å². The van der Waals surface area contributed by atoms with E-state index in [4.69, 9.17) is 11.0 Å². The largest absolute Gasteiger partial charge is 0.397 e. The number of anilines is 1. The molecular formula is C8H9N3. The molecule has 0 aromatic carbocycles. The van der Waals surface area contributed by atoms with Crippen LogP contribution in [0, 0.1) is 11.3 Å². The zero-order valence-electron chi connectivity index (χ0n) is 6.33. The Morgan fingerprint density at radius 1 is 1.64 bits per heavy atom. The minimum absolute atomic E-state index is 0.427. The number of nitriles is 1. The van der Waals surface area contributed by atoms with Gasteiger partial charge in [0, 0.05) is 0 Å². The summed E-state index contributed by atoms with van der Waals surface area (Å²) in [4.78, 5) is 4.02. The zero-order valence-corrected chi connectivity index (χ0v) is 6.33. The van der Waals surface area contributed by atoms with E-state index in [-0.39, 0.29) is 0 Å². The van der Waals surface area contributed by atoms with E-state index in [2.05, 4.69) is 4.98 Å². The summed E-state index contributed by atoms with van der Waals surface area (Å²) in [6, 6.07) is 5.29. The van der Waals surface area contributed by atoms with Crippen molar-refractivity contribution in [3.8, 4) is 6.07 Å². The Bertz CT molecular complexity index is 299. The van der Waals surface area contributed by atoms with E-state index in [0.29, 0.717) is 11.4 Å². The number of hydrogen-bond acceptors (Lipinski definition) is 3. The summed E-state index contributed by atoms with van der Waals surface area (Å²) < 4.78 is 0. The Morgan fingerprint density at radius 2 is 2.36 bits per heavy atom. The summed E-state index contributed by atoms with van der Waals surface area (Å²) in [7, 11) is 0. The molecule has 0 aliphatic carbocycles. The first kappa shape index (κ1) is 7.55. The van der Waals surface area contributed by atoms with Gasteiger partial charge < -0.3 is 5.73 Å². The molecule has 1 aromatic heterocycles. The summed E-state index contributed by atoms with van der Waals surface area (Å²) in [5, 5.41) is 8.50. The van der Waals surface area contributed by atoms with Gasteiger partial charge in [0.1, 0.15) is 11.8 Å². The Morgan fingerprint density at radius 3 is 2.91 bits per heavy atom. The Labute approximate surface area is 65.5 Å². The fourth-order valence-electron chi connectivity index (χ4n) is 0.858. The number of pyridine rings is 1. The molecule has 0 aliphatic heterocycles. The first-order valence-corrected chi connectivity index (χ1v) is 3.43. The van der Waals surface area contributed by atoms with Crippen LogP contribution in [0.4, 0.5) is 5.69 Å². The third-order valence-corrected chi connectivity index (χ3v) is 1.46. The standard InChI is InChI=1S/C8H9N3/c1-2-8-7(10)4-3-6(5-9)11-8/h3-4H,2,10H2,1H3. The van der Waals surface area contributed by atoms with E-state index in [0.717, 1.165) is 12.1 Å². The average Bonchev–Trinajstić information content (AvgIpc) is 2.05. The first-order chi connectivity index (χ1) is 5.27. The van der Waals surface area contributed by atoms with E-state index in [1.54, 1.807) is 12.1 Å². The van der Waals surface area contributed by atoms with Crippen LogP contribution in [0.1, 0.15) is 18.3 Å². The molecule has 56 valence electrons. The van der Waals surface area contributed by atoms with Crippen LogP contribution in [0.15, 0.2) is 12.1 Å². The van der Waals surface area contributed by atoms with Crippen molar-refractivity contribution in [2.24, 2.45) is 0 Å². The van der Waals surface area contributed by atoms with Gasteiger partial charge in [-0.1, -0.05) is 6.92 Å². The second kappa shape index (κ2) is 3.02. The van der Waals surface area contributed by atoms with Gasteiger partial charge >= 0.3 is 0 Å². The maximum atomic E-state index is 8.50. The van der Waals surface area contributed by atoms with Gasteiger partial charge in [-0.2, -0.15) is 5.26 Å². The van der Waals surface area contributed by atoms with E-state index in [1.165, 1.54) is 0 Å². The molecule has 1 rings (SSSR count). The lowest BCUT2D eigenvalue weighted by atomic mass is 10.2. The minimum Gasteiger partial charge on any atom is -0.397 e. The van der Waals surface area contributed by atoms with Crippen molar-refractivity contribution >= 4 is 5.69 Å². The number of nitrogen functional groups attached to an aromatic ring is 1. The van der Waals surface area contributed by atoms with Gasteiger partial charge in [-0.15, -0.1) is 0 Å². The molecule has 1 heterocycles. The molecule has 1 aromatic rings. The zero-order chi connectivity index (χ0) is 8.27. The van der Waals surface area contributed by atoms with Crippen LogP contribution in [-0.2, 0) is 6.42 Å². The molecule has 2 N–H and O–H groups in total. The number of nitrogens with two attached hydrogens (primary N) is 1. The van der Waals surface area contributed by atoms with E-state index in [9.17, 15) is 0 Å². The summed E-state index contributed by atoms with van der Waals surface area (Å²) in [6.07, 6.45) is 0.765. The fourth-order valence-corrected chi connectivity index (χ4v) is 0.858. The average molecular weight is 147 g/mol. The summed E-state index contributed by atoms with van der Waals surface area (Å²) >= 11 is 0. The molecule has 3 heteroatoms. The number of nitrogens with zero attached hydrogens (tertiary/aromatic N) is 2. The highest BCUT2D eigenvalue weighted by molar-refractivity contribution is 5.44. The van der Waals surface area contributed by atoms with E-state index >= 15 is 0 Å². The number of hydrogen-bond donors (Lipinski definition) is 1. The number of aromatic nitrogens is 1. The quantitative estimate of drug-likeness (QED) is 0.646. The molecule has 0 radical (unpaired) electrons. The fraction of sp³-hybridized carbons (Fsp3) is 0.250. The molecule has 0 atom stereocenters. The van der Waals surface area contributed by atoms with Crippen LogP contribution in [0.2, 0.25) is 0 Å². The lowest BCUT2D eigenvalue weighted by Crippen LogP contribution is -1.97. The summed E-state index contributed by atoms with van der Waals surface area (Å²) in [6.45, 7) is 1.96. The van der Waals surface area contributed by atoms with Crippen molar-refractivity contribution in [2.75, 3.05) is 5.73 Å². The van der Waals surface area contributed by atoms with Gasteiger partial charge in [-0.25, -0.2) is 4.98 Å². The van der Waals surface area contributed by atoms with Crippen LogP contribution in [0.5, 0.6) is 0 Å². The molecular weight excluding hydrogens is 138 g/mol. The van der Waals surface area contributed by atoms with Crippen LogP contribution >= 0.6 is 0 Å². The summed E-state index contributed by atoms with van der Waals surface area (Å²) in [5.41, 5.74) is 7.46. The predicted octanol–water partition coefficient (Wildman–Crippen LogP) is 1.10. The molecule has 0 spiro atoms. The molecule has 0 fully saturated rings. The second-order valence-corrected chi connectivity index (χ2v) is 2.20. The molecule has 3 nitrogen and oxygen atoms in total. The monoisotopic (exact) mass is 147 g/mol. The maximum Gasteiger partial charge on any atom is 0.140 e. The van der Waals surface area contributed by atoms with Gasteiger partial charge in [0.2, 0.25) is 0 Å². The van der Waals surface area contributed by atoms with Gasteiger partial charge in [-0.3, -0.25) is 0 Å². The molecule has 0 saturated carbocycles. The smallest absolute Gasteiger partial charge is 0.140 e. The Kier molecular flexibility index (Phi) is 2.07. The lowest BCUT2D eigenvalue weighted by Gasteiger charge is -1.99. The minimum atomic E-state index is 0.427. The van der Waals surface area contributed by atoms with Crippen molar-refractivity contribution in [2.45, 2.75) is 13.3 Å². The topological polar surface area (TPSA) is 62.7 Å². The number of rotatable bonds is 1. The van der Waals surface area contributed by atoms with Gasteiger partial charge in [0.25, 0.3) is 0 Å². The molecule has 0 unspecified atom stereocenters. The van der Waals surface area contributed by atoms with Gasteiger partial charge in [0.15, 0.2) is 0 Å². The van der Waals surface area contributed by atoms with Gasteiger partial charge in [-0.05, 0) is 18.6 Å². The molecule has 0 saturated heterocycles. The highest BCUT2D eigenvalue weighted by Crippen LogP contribution is 2.09. The van der Waals surface area contributed by atoms with Crippen molar-refractivity contribution in [1.29, 1.82) is 5.26 Å². The van der Waals surface area contributed by atoms with E-state index in [1.807, 2.05) is 13.0 Å². The Hall–Kier alpha value is -1.56. The van der Waals surface area contributed by atoms with Crippen molar-refractivity contribution in [1.82, 2.24) is 4.98 Å². The lowest BCUT2D eigenvalue weighted by molar-refractivity contribution is 1.03. The van der Waals surface area contributed by atoms with Crippen LogP contribution in [0.3, 0.4) is 0 Å².